The minimum atomic E-state index is -0.996. The van der Waals surface area contributed by atoms with E-state index in [1.54, 1.807) is 13.8 Å². The smallest absolute Gasteiger partial charge is 0.304 e. The van der Waals surface area contributed by atoms with E-state index in [1.165, 1.54) is 12.1 Å². The number of carboxylic acid groups (broad SMARTS) is 1. The van der Waals surface area contributed by atoms with Crippen LogP contribution >= 0.6 is 11.6 Å². The van der Waals surface area contributed by atoms with Gasteiger partial charge in [-0.15, -0.1) is 0 Å². The van der Waals surface area contributed by atoms with Crippen molar-refractivity contribution in [1.29, 1.82) is 0 Å². The predicted molar refractivity (Wildman–Crippen MR) is 60.1 cm³/mol. The minimum absolute atomic E-state index is 0.191. The molecule has 0 bridgehead atoms. The molecular weight excluding hydrogens is 232 g/mol. The molecule has 1 aromatic rings. The van der Waals surface area contributed by atoms with Crippen LogP contribution in [0.4, 0.5) is 0 Å². The van der Waals surface area contributed by atoms with Gasteiger partial charge in [0.25, 0.3) is 0 Å². The molecule has 0 aromatic heterocycles. The van der Waals surface area contributed by atoms with Crippen molar-refractivity contribution < 1.29 is 20.1 Å². The van der Waals surface area contributed by atoms with Gasteiger partial charge >= 0.3 is 5.97 Å². The lowest BCUT2D eigenvalue weighted by molar-refractivity contribution is -0.138. The van der Waals surface area contributed by atoms with E-state index in [4.69, 9.17) is 16.7 Å². The monoisotopic (exact) mass is 244 g/mol. The molecule has 0 aliphatic rings. The third-order valence-corrected chi connectivity index (χ3v) is 2.69. The van der Waals surface area contributed by atoms with Crippen LogP contribution in [-0.4, -0.2) is 21.3 Å². The molecule has 0 amide bonds. The van der Waals surface area contributed by atoms with Crippen LogP contribution in [-0.2, 0) is 10.2 Å². The third kappa shape index (κ3) is 2.39. The molecule has 0 atom stereocenters. The van der Waals surface area contributed by atoms with Crippen LogP contribution in [0.2, 0.25) is 5.02 Å². The Morgan fingerprint density at radius 2 is 1.94 bits per heavy atom. The summed E-state index contributed by atoms with van der Waals surface area (Å²) < 4.78 is 0. The van der Waals surface area contributed by atoms with Crippen LogP contribution in [0.25, 0.3) is 0 Å². The first-order valence-electron chi connectivity index (χ1n) is 4.68. The van der Waals surface area contributed by atoms with Gasteiger partial charge in [-0.1, -0.05) is 25.4 Å². The van der Waals surface area contributed by atoms with Gasteiger partial charge in [-0.25, -0.2) is 0 Å². The van der Waals surface area contributed by atoms with Gasteiger partial charge in [0, 0.05) is 16.0 Å². The second-order valence-electron chi connectivity index (χ2n) is 4.24. The molecule has 4 nitrogen and oxygen atoms in total. The maximum Gasteiger partial charge on any atom is 0.304 e. The van der Waals surface area contributed by atoms with E-state index in [2.05, 4.69) is 0 Å². The number of aliphatic carboxylic acids is 1. The Morgan fingerprint density at radius 1 is 1.38 bits per heavy atom. The molecule has 0 heterocycles. The average molecular weight is 245 g/mol. The van der Waals surface area contributed by atoms with Crippen LogP contribution in [0.5, 0.6) is 11.5 Å². The SMILES string of the molecule is CC(C)(CC(=O)O)c1c(Cl)ccc(O)c1O. The molecule has 16 heavy (non-hydrogen) atoms. The summed E-state index contributed by atoms with van der Waals surface area (Å²) in [6.45, 7) is 3.28. The fraction of sp³-hybridized carbons (Fsp3) is 0.364. The number of benzene rings is 1. The number of phenolic OH excluding ortho intramolecular Hbond substituents is 2. The first kappa shape index (κ1) is 12.6. The maximum absolute atomic E-state index is 10.7. The molecule has 0 radical (unpaired) electrons. The summed E-state index contributed by atoms with van der Waals surface area (Å²) in [4.78, 5) is 10.7. The normalized spacial score (nSPS) is 11.4. The van der Waals surface area contributed by atoms with Crippen molar-refractivity contribution in [2.24, 2.45) is 0 Å². The third-order valence-electron chi connectivity index (χ3n) is 2.38. The number of carboxylic acids is 1. The number of carbonyl (C=O) groups is 1. The largest absolute Gasteiger partial charge is 0.504 e. The van der Waals surface area contributed by atoms with Crippen molar-refractivity contribution in [1.82, 2.24) is 0 Å². The van der Waals surface area contributed by atoms with Crippen LogP contribution in [0.15, 0.2) is 12.1 Å². The van der Waals surface area contributed by atoms with Gasteiger partial charge in [-0.05, 0) is 12.1 Å². The Bertz CT molecular complexity index is 426. The van der Waals surface area contributed by atoms with Crippen molar-refractivity contribution in [3.05, 3.63) is 22.7 Å². The van der Waals surface area contributed by atoms with Crippen molar-refractivity contribution in [3.8, 4) is 11.5 Å². The van der Waals surface area contributed by atoms with Gasteiger partial charge < -0.3 is 15.3 Å². The number of hydrogen-bond acceptors (Lipinski definition) is 3. The highest BCUT2D eigenvalue weighted by molar-refractivity contribution is 6.31. The molecule has 0 saturated heterocycles. The Hall–Kier alpha value is -1.42. The Labute approximate surface area is 98.1 Å². The molecule has 0 spiro atoms. The lowest BCUT2D eigenvalue weighted by atomic mass is 9.81. The van der Waals surface area contributed by atoms with Gasteiger partial charge in [-0.2, -0.15) is 0 Å². The van der Waals surface area contributed by atoms with Crippen molar-refractivity contribution in [3.63, 3.8) is 0 Å². The number of rotatable bonds is 3. The summed E-state index contributed by atoms with van der Waals surface area (Å²) in [5, 5.41) is 28.1. The second-order valence-corrected chi connectivity index (χ2v) is 4.65. The lowest BCUT2D eigenvalue weighted by Crippen LogP contribution is -2.22. The quantitative estimate of drug-likeness (QED) is 0.714. The van der Waals surface area contributed by atoms with E-state index in [1.807, 2.05) is 0 Å². The van der Waals surface area contributed by atoms with E-state index in [0.717, 1.165) is 0 Å². The summed E-state index contributed by atoms with van der Waals surface area (Å²) in [6.07, 6.45) is -0.191. The molecule has 0 aliphatic carbocycles. The molecule has 0 saturated carbocycles. The molecule has 1 aromatic carbocycles. The fourth-order valence-corrected chi connectivity index (χ4v) is 2.07. The van der Waals surface area contributed by atoms with E-state index in [0.29, 0.717) is 0 Å². The van der Waals surface area contributed by atoms with Crippen LogP contribution in [0, 0.1) is 0 Å². The molecule has 5 heteroatoms. The van der Waals surface area contributed by atoms with E-state index >= 15 is 0 Å². The van der Waals surface area contributed by atoms with E-state index in [-0.39, 0.29) is 28.5 Å². The topological polar surface area (TPSA) is 77.8 Å². The average Bonchev–Trinajstić information content (AvgIpc) is 2.09. The predicted octanol–water partition coefficient (Wildman–Crippen LogP) is 2.50. The van der Waals surface area contributed by atoms with Gasteiger partial charge in [0.15, 0.2) is 11.5 Å². The van der Waals surface area contributed by atoms with Gasteiger partial charge in [0.05, 0.1) is 6.42 Å². The number of aromatic hydroxyl groups is 2. The molecule has 0 aliphatic heterocycles. The molecule has 1 rings (SSSR count). The minimum Gasteiger partial charge on any atom is -0.504 e. The Morgan fingerprint density at radius 3 is 2.44 bits per heavy atom. The molecule has 0 unspecified atom stereocenters. The fourth-order valence-electron chi connectivity index (χ4n) is 1.67. The summed E-state index contributed by atoms with van der Waals surface area (Å²) in [6, 6.07) is 2.69. The zero-order valence-corrected chi connectivity index (χ0v) is 9.75. The van der Waals surface area contributed by atoms with Crippen LogP contribution in [0.3, 0.4) is 0 Å². The number of halogens is 1. The second kappa shape index (κ2) is 4.22. The lowest BCUT2D eigenvalue weighted by Gasteiger charge is -2.25. The highest BCUT2D eigenvalue weighted by Gasteiger charge is 2.30. The standard InChI is InChI=1S/C11H13ClO4/c1-11(2,5-8(14)15)9-6(12)3-4-7(13)10(9)16/h3-4,13,16H,5H2,1-2H3,(H,14,15). The zero-order valence-electron chi connectivity index (χ0n) is 8.99. The van der Waals surface area contributed by atoms with Crippen molar-refractivity contribution in [2.45, 2.75) is 25.7 Å². The zero-order chi connectivity index (χ0) is 12.5. The summed E-state index contributed by atoms with van der Waals surface area (Å²) in [5.74, 6) is -1.67. The molecule has 0 fully saturated rings. The summed E-state index contributed by atoms with van der Waals surface area (Å²) >= 11 is 5.91. The van der Waals surface area contributed by atoms with Gasteiger partial charge in [-0.3, -0.25) is 4.79 Å². The van der Waals surface area contributed by atoms with Crippen LogP contribution < -0.4 is 0 Å². The number of phenols is 2. The first-order valence-corrected chi connectivity index (χ1v) is 5.06. The van der Waals surface area contributed by atoms with Crippen LogP contribution in [0.1, 0.15) is 25.8 Å². The molecular formula is C11H13ClO4. The Kier molecular flexibility index (Phi) is 3.33. The first-order chi connectivity index (χ1) is 7.25. The highest BCUT2D eigenvalue weighted by atomic mass is 35.5. The Balaban J connectivity index is 3.31. The summed E-state index contributed by atoms with van der Waals surface area (Å²) in [5.41, 5.74) is -0.609. The van der Waals surface area contributed by atoms with Crippen molar-refractivity contribution in [2.75, 3.05) is 0 Å². The van der Waals surface area contributed by atoms with Gasteiger partial charge in [0.2, 0.25) is 0 Å². The van der Waals surface area contributed by atoms with Gasteiger partial charge in [0.1, 0.15) is 0 Å². The number of hydrogen-bond donors (Lipinski definition) is 3. The molecule has 3 N–H and O–H groups in total. The highest BCUT2D eigenvalue weighted by Crippen LogP contribution is 2.43. The van der Waals surface area contributed by atoms with E-state index in [9.17, 15) is 15.0 Å². The molecule has 88 valence electrons. The maximum atomic E-state index is 10.7. The van der Waals surface area contributed by atoms with Crippen molar-refractivity contribution >= 4 is 17.6 Å². The summed E-state index contributed by atoms with van der Waals surface area (Å²) in [7, 11) is 0. The van der Waals surface area contributed by atoms with E-state index < -0.39 is 11.4 Å².